The van der Waals surface area contributed by atoms with Crippen LogP contribution >= 0.6 is 0 Å². The van der Waals surface area contributed by atoms with Gasteiger partial charge in [-0.2, -0.15) is 13.2 Å². The van der Waals surface area contributed by atoms with Crippen molar-refractivity contribution in [1.29, 1.82) is 0 Å². The minimum atomic E-state index is -4.59. The van der Waals surface area contributed by atoms with Crippen LogP contribution in [0, 0.1) is 0 Å². The molecule has 0 unspecified atom stereocenters. The predicted molar refractivity (Wildman–Crippen MR) is 70.2 cm³/mol. The van der Waals surface area contributed by atoms with E-state index in [1.54, 1.807) is 0 Å². The van der Waals surface area contributed by atoms with Gasteiger partial charge in [0, 0.05) is 25.2 Å². The van der Waals surface area contributed by atoms with Gasteiger partial charge in [-0.3, -0.25) is 4.90 Å². The highest BCUT2D eigenvalue weighted by molar-refractivity contribution is 5.44. The van der Waals surface area contributed by atoms with E-state index in [0.717, 1.165) is 13.1 Å². The van der Waals surface area contributed by atoms with Crippen molar-refractivity contribution >= 4 is 11.6 Å². The molecule has 0 aliphatic heterocycles. The Morgan fingerprint density at radius 1 is 1.40 bits per heavy atom. The smallest absolute Gasteiger partial charge is 0.384 e. The van der Waals surface area contributed by atoms with Gasteiger partial charge in [-0.1, -0.05) is 6.92 Å². The Bertz CT molecular complexity index is 459. The second kappa shape index (κ2) is 5.82. The van der Waals surface area contributed by atoms with Crippen LogP contribution in [0.15, 0.2) is 6.07 Å². The van der Waals surface area contributed by atoms with Crippen LogP contribution in [0.4, 0.5) is 24.8 Å². The van der Waals surface area contributed by atoms with Gasteiger partial charge in [0.05, 0.1) is 0 Å². The largest absolute Gasteiger partial charge is 0.451 e. The number of hydrogen-bond acceptors (Lipinski definition) is 5. The lowest BCUT2D eigenvalue weighted by atomic mass is 10.4. The van der Waals surface area contributed by atoms with Crippen LogP contribution in [0.5, 0.6) is 0 Å². The van der Waals surface area contributed by atoms with Gasteiger partial charge in [-0.05, 0) is 19.4 Å². The Kier molecular flexibility index (Phi) is 4.32. The molecule has 0 atom stereocenters. The number of nitrogens with one attached hydrogen (secondary N) is 1. The molecule has 0 amide bonds. The summed E-state index contributed by atoms with van der Waals surface area (Å²) < 4.78 is 37.7. The number of rotatable bonds is 6. The normalized spacial score (nSPS) is 15.7. The summed E-state index contributed by atoms with van der Waals surface area (Å²) in [6, 6.07) is 1.94. The van der Waals surface area contributed by atoms with E-state index in [9.17, 15) is 13.2 Å². The molecular weight excluding hydrogens is 271 g/mol. The molecule has 1 aliphatic rings. The first-order valence-corrected chi connectivity index (χ1v) is 6.60. The van der Waals surface area contributed by atoms with Crippen molar-refractivity contribution in [1.82, 2.24) is 14.9 Å². The van der Waals surface area contributed by atoms with Gasteiger partial charge in [-0.25, -0.2) is 9.97 Å². The fourth-order valence-corrected chi connectivity index (χ4v) is 2.05. The molecule has 1 aromatic rings. The Morgan fingerprint density at radius 3 is 2.65 bits per heavy atom. The molecular formula is C12H18F3N5. The summed E-state index contributed by atoms with van der Waals surface area (Å²) in [5, 5.41) is 2.87. The summed E-state index contributed by atoms with van der Waals surface area (Å²) in [5.74, 6) is -1.30. The number of alkyl halides is 3. The lowest BCUT2D eigenvalue weighted by Gasteiger charge is -2.20. The predicted octanol–water partition coefficient (Wildman–Crippen LogP) is 1.97. The highest BCUT2D eigenvalue weighted by atomic mass is 19.4. The summed E-state index contributed by atoms with van der Waals surface area (Å²) in [6.45, 7) is 4.30. The van der Waals surface area contributed by atoms with Crippen molar-refractivity contribution in [2.45, 2.75) is 32.0 Å². The standard InChI is InChI=1S/C12H18F3N5/c1-2-20(8-3-4-8)6-5-17-10-7-9(16)18-11(19-10)12(13,14)15/h7-8H,2-6H2,1H3,(H3,16,17,18,19). The third-order valence-corrected chi connectivity index (χ3v) is 3.17. The van der Waals surface area contributed by atoms with Crippen molar-refractivity contribution < 1.29 is 13.2 Å². The lowest BCUT2D eigenvalue weighted by Crippen LogP contribution is -2.31. The molecule has 112 valence electrons. The van der Waals surface area contributed by atoms with Crippen LogP contribution in [-0.2, 0) is 6.18 Å². The third kappa shape index (κ3) is 3.96. The van der Waals surface area contributed by atoms with Crippen molar-refractivity contribution in [3.8, 4) is 0 Å². The van der Waals surface area contributed by atoms with Crippen LogP contribution < -0.4 is 11.1 Å². The van der Waals surface area contributed by atoms with E-state index in [2.05, 4.69) is 27.1 Å². The Labute approximate surface area is 115 Å². The summed E-state index contributed by atoms with van der Waals surface area (Å²) in [6.07, 6.45) is -2.19. The Balaban J connectivity index is 1.93. The highest BCUT2D eigenvalue weighted by Crippen LogP contribution is 2.28. The van der Waals surface area contributed by atoms with Gasteiger partial charge in [0.1, 0.15) is 11.6 Å². The van der Waals surface area contributed by atoms with Gasteiger partial charge in [0.2, 0.25) is 5.82 Å². The summed E-state index contributed by atoms with van der Waals surface area (Å²) in [4.78, 5) is 8.93. The maximum atomic E-state index is 12.6. The second-order valence-corrected chi connectivity index (χ2v) is 4.79. The number of likely N-dealkylation sites (N-methyl/N-ethyl adjacent to an activating group) is 1. The van der Waals surface area contributed by atoms with Crippen LogP contribution in [0.1, 0.15) is 25.6 Å². The van der Waals surface area contributed by atoms with Gasteiger partial charge in [-0.15, -0.1) is 0 Å². The Hall–Kier alpha value is -1.57. The Morgan fingerprint density at radius 2 is 2.10 bits per heavy atom. The topological polar surface area (TPSA) is 67.1 Å². The lowest BCUT2D eigenvalue weighted by molar-refractivity contribution is -0.144. The summed E-state index contributed by atoms with van der Waals surface area (Å²) in [5.41, 5.74) is 5.37. The summed E-state index contributed by atoms with van der Waals surface area (Å²) in [7, 11) is 0. The first kappa shape index (κ1) is 14.8. The van der Waals surface area contributed by atoms with Crippen LogP contribution in [-0.4, -0.2) is 40.5 Å². The van der Waals surface area contributed by atoms with E-state index in [1.165, 1.54) is 18.9 Å². The molecule has 0 aromatic carbocycles. The van der Waals surface area contributed by atoms with Gasteiger partial charge < -0.3 is 11.1 Å². The number of aromatic nitrogens is 2. The van der Waals surface area contributed by atoms with E-state index >= 15 is 0 Å². The number of anilines is 2. The first-order valence-electron chi connectivity index (χ1n) is 6.60. The van der Waals surface area contributed by atoms with Gasteiger partial charge in [0.15, 0.2) is 0 Å². The fourth-order valence-electron chi connectivity index (χ4n) is 2.05. The molecule has 0 radical (unpaired) electrons. The molecule has 1 aliphatic carbocycles. The zero-order valence-corrected chi connectivity index (χ0v) is 11.2. The van der Waals surface area contributed by atoms with E-state index < -0.39 is 12.0 Å². The molecule has 0 saturated heterocycles. The van der Waals surface area contributed by atoms with Crippen LogP contribution in [0.3, 0.4) is 0 Å². The number of halogens is 3. The molecule has 0 spiro atoms. The zero-order valence-electron chi connectivity index (χ0n) is 11.2. The maximum Gasteiger partial charge on any atom is 0.451 e. The van der Waals surface area contributed by atoms with Crippen molar-refractivity contribution in [2.24, 2.45) is 0 Å². The molecule has 1 heterocycles. The minimum absolute atomic E-state index is 0.108. The average molecular weight is 289 g/mol. The van der Waals surface area contributed by atoms with E-state index in [1.807, 2.05) is 0 Å². The summed E-state index contributed by atoms with van der Waals surface area (Å²) >= 11 is 0. The molecule has 8 heteroatoms. The molecule has 2 rings (SSSR count). The van der Waals surface area contributed by atoms with Crippen LogP contribution in [0.2, 0.25) is 0 Å². The fraction of sp³-hybridized carbons (Fsp3) is 0.667. The molecule has 1 aromatic heterocycles. The molecule has 3 N–H and O–H groups in total. The molecule has 1 saturated carbocycles. The number of nitrogen functional groups attached to an aromatic ring is 1. The average Bonchev–Trinajstić information content (AvgIpc) is 3.17. The molecule has 1 fully saturated rings. The maximum absolute atomic E-state index is 12.6. The second-order valence-electron chi connectivity index (χ2n) is 4.79. The molecule has 20 heavy (non-hydrogen) atoms. The highest BCUT2D eigenvalue weighted by Gasteiger charge is 2.35. The van der Waals surface area contributed by atoms with Crippen LogP contribution in [0.25, 0.3) is 0 Å². The van der Waals surface area contributed by atoms with Crippen molar-refractivity contribution in [2.75, 3.05) is 30.7 Å². The number of nitrogens with zero attached hydrogens (tertiary/aromatic N) is 3. The monoisotopic (exact) mass is 289 g/mol. The van der Waals surface area contributed by atoms with Crippen molar-refractivity contribution in [3.05, 3.63) is 11.9 Å². The van der Waals surface area contributed by atoms with Gasteiger partial charge >= 0.3 is 6.18 Å². The first-order chi connectivity index (χ1) is 9.40. The molecule has 5 nitrogen and oxygen atoms in total. The molecule has 0 bridgehead atoms. The SMILES string of the molecule is CCN(CCNc1cc(N)nc(C(F)(F)F)n1)C1CC1. The quantitative estimate of drug-likeness (QED) is 0.838. The van der Waals surface area contributed by atoms with Crippen molar-refractivity contribution in [3.63, 3.8) is 0 Å². The van der Waals surface area contributed by atoms with E-state index in [0.29, 0.717) is 12.6 Å². The minimum Gasteiger partial charge on any atom is -0.384 e. The van der Waals surface area contributed by atoms with Gasteiger partial charge in [0.25, 0.3) is 0 Å². The van der Waals surface area contributed by atoms with E-state index in [4.69, 9.17) is 5.73 Å². The number of hydrogen-bond donors (Lipinski definition) is 2. The zero-order chi connectivity index (χ0) is 14.8. The van der Waals surface area contributed by atoms with E-state index in [-0.39, 0.29) is 11.6 Å². The third-order valence-electron chi connectivity index (χ3n) is 3.17. The number of nitrogens with two attached hydrogens (primary N) is 1.